The highest BCUT2D eigenvalue weighted by atomic mass is 15.6. The number of rotatable bonds is 3. The monoisotopic (exact) mass is 194 g/mol. The average Bonchev–Trinajstić information content (AvgIpc) is 2.68. The molecule has 1 aromatic heterocycles. The largest absolute Gasteiger partial charge is 0.314 e. The quantitative estimate of drug-likeness (QED) is 0.770. The van der Waals surface area contributed by atoms with E-state index in [1.165, 1.54) is 25.0 Å². The van der Waals surface area contributed by atoms with E-state index in [1.807, 2.05) is 19.6 Å². The third kappa shape index (κ3) is 1.90. The Balaban J connectivity index is 2.09. The molecular formula is C10H18N4. The van der Waals surface area contributed by atoms with Gasteiger partial charge < -0.3 is 10.3 Å². The first-order valence-corrected chi connectivity index (χ1v) is 5.33. The zero-order valence-electron chi connectivity index (χ0n) is 8.74. The van der Waals surface area contributed by atoms with Crippen molar-refractivity contribution in [3.05, 3.63) is 18.2 Å². The summed E-state index contributed by atoms with van der Waals surface area (Å²) in [6.07, 6.45) is 7.82. The number of piperidine rings is 1. The molecule has 4 heteroatoms. The van der Waals surface area contributed by atoms with Crippen LogP contribution in [0.2, 0.25) is 0 Å². The lowest BCUT2D eigenvalue weighted by molar-refractivity contribution is 0.466. The minimum atomic E-state index is 0.885. The van der Waals surface area contributed by atoms with E-state index in [0.717, 1.165) is 19.6 Å². The summed E-state index contributed by atoms with van der Waals surface area (Å²) in [6.45, 7) is 3.21. The third-order valence-corrected chi connectivity index (χ3v) is 2.69. The van der Waals surface area contributed by atoms with Gasteiger partial charge in [0, 0.05) is 19.6 Å². The van der Waals surface area contributed by atoms with Crippen LogP contribution in [-0.4, -0.2) is 29.8 Å². The summed E-state index contributed by atoms with van der Waals surface area (Å²) >= 11 is 0. The fourth-order valence-electron chi connectivity index (χ4n) is 1.97. The highest BCUT2D eigenvalue weighted by molar-refractivity contribution is 5.04. The molecule has 1 N–H and O–H groups in total. The second kappa shape index (κ2) is 4.46. The van der Waals surface area contributed by atoms with E-state index < -0.39 is 0 Å². The summed E-state index contributed by atoms with van der Waals surface area (Å²) in [6, 6.07) is 0. The number of imidazole rings is 1. The first-order valence-electron chi connectivity index (χ1n) is 5.33. The van der Waals surface area contributed by atoms with Crippen LogP contribution >= 0.6 is 0 Å². The van der Waals surface area contributed by atoms with Crippen molar-refractivity contribution in [2.45, 2.75) is 25.8 Å². The van der Waals surface area contributed by atoms with Gasteiger partial charge in [-0.25, -0.2) is 9.66 Å². The van der Waals surface area contributed by atoms with E-state index >= 15 is 0 Å². The molecular weight excluding hydrogens is 176 g/mol. The molecule has 2 rings (SSSR count). The van der Waals surface area contributed by atoms with Crippen molar-refractivity contribution in [3.8, 4) is 0 Å². The third-order valence-electron chi connectivity index (χ3n) is 2.69. The van der Waals surface area contributed by atoms with Crippen LogP contribution in [0.4, 0.5) is 0 Å². The smallest absolute Gasteiger partial charge is 0.114 e. The van der Waals surface area contributed by atoms with Gasteiger partial charge in [-0.05, 0) is 26.3 Å². The van der Waals surface area contributed by atoms with E-state index in [-0.39, 0.29) is 0 Å². The summed E-state index contributed by atoms with van der Waals surface area (Å²) in [5, 5.41) is 5.54. The molecule has 0 unspecified atom stereocenters. The molecule has 0 radical (unpaired) electrons. The predicted octanol–water partition coefficient (Wildman–Crippen LogP) is 0.724. The molecule has 0 bridgehead atoms. The fourth-order valence-corrected chi connectivity index (χ4v) is 1.97. The van der Waals surface area contributed by atoms with Crippen molar-refractivity contribution in [2.24, 2.45) is 0 Å². The Hall–Kier alpha value is -1.03. The van der Waals surface area contributed by atoms with Crippen molar-refractivity contribution < 1.29 is 0 Å². The summed E-state index contributed by atoms with van der Waals surface area (Å²) in [4.78, 5) is 4.20. The van der Waals surface area contributed by atoms with Gasteiger partial charge in [0.2, 0.25) is 0 Å². The van der Waals surface area contributed by atoms with Gasteiger partial charge in [0.05, 0.1) is 11.9 Å². The summed E-state index contributed by atoms with van der Waals surface area (Å²) in [5.41, 5.74) is 1.24. The molecule has 78 valence electrons. The Labute approximate surface area is 84.9 Å². The van der Waals surface area contributed by atoms with Crippen molar-refractivity contribution in [1.82, 2.24) is 15.0 Å². The molecule has 4 nitrogen and oxygen atoms in total. The van der Waals surface area contributed by atoms with Crippen LogP contribution in [-0.2, 0) is 6.54 Å². The summed E-state index contributed by atoms with van der Waals surface area (Å²) in [7, 11) is 1.97. The standard InChI is InChI=1S/C10H18N4/c1-11-7-10-8-12-9-14(10)13-5-3-2-4-6-13/h8-9,11H,2-7H2,1H3. The molecule has 1 aromatic rings. The number of hydrogen-bond donors (Lipinski definition) is 1. The molecule has 0 saturated carbocycles. The summed E-state index contributed by atoms with van der Waals surface area (Å²) < 4.78 is 2.19. The van der Waals surface area contributed by atoms with Gasteiger partial charge in [0.25, 0.3) is 0 Å². The van der Waals surface area contributed by atoms with E-state index in [2.05, 4.69) is 20.0 Å². The minimum absolute atomic E-state index is 0.885. The van der Waals surface area contributed by atoms with Crippen LogP contribution in [0.25, 0.3) is 0 Å². The topological polar surface area (TPSA) is 33.1 Å². The maximum absolute atomic E-state index is 4.20. The molecule has 1 aliphatic heterocycles. The number of nitrogens with one attached hydrogen (secondary N) is 1. The molecule has 0 amide bonds. The van der Waals surface area contributed by atoms with Gasteiger partial charge >= 0.3 is 0 Å². The van der Waals surface area contributed by atoms with Crippen LogP contribution < -0.4 is 10.3 Å². The predicted molar refractivity (Wildman–Crippen MR) is 56.8 cm³/mol. The van der Waals surface area contributed by atoms with Gasteiger partial charge in [-0.15, -0.1) is 0 Å². The second-order valence-corrected chi connectivity index (χ2v) is 3.77. The number of aromatic nitrogens is 2. The number of hydrogen-bond acceptors (Lipinski definition) is 3. The lowest BCUT2D eigenvalue weighted by Crippen LogP contribution is -2.40. The van der Waals surface area contributed by atoms with Gasteiger partial charge in [0.15, 0.2) is 0 Å². The maximum Gasteiger partial charge on any atom is 0.114 e. The molecule has 0 spiro atoms. The van der Waals surface area contributed by atoms with Gasteiger partial charge in [-0.3, -0.25) is 0 Å². The van der Waals surface area contributed by atoms with Crippen LogP contribution in [0.3, 0.4) is 0 Å². The zero-order valence-corrected chi connectivity index (χ0v) is 8.74. The molecule has 0 aliphatic carbocycles. The Morgan fingerprint density at radius 2 is 2.14 bits per heavy atom. The first kappa shape index (κ1) is 9.52. The van der Waals surface area contributed by atoms with Gasteiger partial charge in [0.1, 0.15) is 6.33 Å². The normalized spacial score (nSPS) is 17.4. The summed E-state index contributed by atoms with van der Waals surface area (Å²) in [5.74, 6) is 0. The molecule has 2 heterocycles. The van der Waals surface area contributed by atoms with Crippen LogP contribution in [0.15, 0.2) is 12.5 Å². The zero-order chi connectivity index (χ0) is 9.80. The molecule has 0 aromatic carbocycles. The lowest BCUT2D eigenvalue weighted by Gasteiger charge is -2.30. The average molecular weight is 194 g/mol. The highest BCUT2D eigenvalue weighted by Crippen LogP contribution is 2.09. The molecule has 1 aliphatic rings. The van der Waals surface area contributed by atoms with Crippen molar-refractivity contribution >= 4 is 0 Å². The Morgan fingerprint density at radius 1 is 1.36 bits per heavy atom. The van der Waals surface area contributed by atoms with Crippen LogP contribution in [0.5, 0.6) is 0 Å². The second-order valence-electron chi connectivity index (χ2n) is 3.77. The SMILES string of the molecule is CNCc1cncn1N1CCCCC1. The van der Waals surface area contributed by atoms with E-state index in [9.17, 15) is 0 Å². The first-order chi connectivity index (χ1) is 6.92. The van der Waals surface area contributed by atoms with Gasteiger partial charge in [-0.1, -0.05) is 0 Å². The highest BCUT2D eigenvalue weighted by Gasteiger charge is 2.12. The van der Waals surface area contributed by atoms with Crippen molar-refractivity contribution in [2.75, 3.05) is 25.1 Å². The van der Waals surface area contributed by atoms with Crippen molar-refractivity contribution in [3.63, 3.8) is 0 Å². The minimum Gasteiger partial charge on any atom is -0.314 e. The Bertz CT molecular complexity index is 275. The molecule has 14 heavy (non-hydrogen) atoms. The molecule has 1 saturated heterocycles. The maximum atomic E-state index is 4.20. The van der Waals surface area contributed by atoms with Crippen LogP contribution in [0, 0.1) is 0 Å². The Morgan fingerprint density at radius 3 is 2.86 bits per heavy atom. The lowest BCUT2D eigenvalue weighted by atomic mass is 10.2. The molecule has 0 atom stereocenters. The van der Waals surface area contributed by atoms with E-state index in [1.54, 1.807) is 0 Å². The van der Waals surface area contributed by atoms with Crippen molar-refractivity contribution in [1.29, 1.82) is 0 Å². The fraction of sp³-hybridized carbons (Fsp3) is 0.700. The molecule has 1 fully saturated rings. The number of nitrogens with zero attached hydrogens (tertiary/aromatic N) is 3. The van der Waals surface area contributed by atoms with E-state index in [4.69, 9.17) is 0 Å². The Kier molecular flexibility index (Phi) is 3.03. The van der Waals surface area contributed by atoms with Crippen LogP contribution in [0.1, 0.15) is 25.0 Å². The van der Waals surface area contributed by atoms with Gasteiger partial charge in [-0.2, -0.15) is 0 Å². The van der Waals surface area contributed by atoms with E-state index in [0.29, 0.717) is 0 Å².